The van der Waals surface area contributed by atoms with Crippen LogP contribution in [0.2, 0.25) is 0 Å². The molecule has 1 rings (SSSR count). The van der Waals surface area contributed by atoms with Gasteiger partial charge in [0, 0.05) is 26.6 Å². The van der Waals surface area contributed by atoms with E-state index in [1.807, 2.05) is 18.7 Å². The van der Waals surface area contributed by atoms with Crippen LogP contribution in [0.5, 0.6) is 0 Å². The fourth-order valence-electron chi connectivity index (χ4n) is 2.63. The van der Waals surface area contributed by atoms with Crippen molar-refractivity contribution in [1.29, 1.82) is 0 Å². The molecular weight excluding hydrogens is 264 g/mol. The smallest absolute Gasteiger partial charge is 0.222 e. The highest BCUT2D eigenvalue weighted by molar-refractivity contribution is 5.76. The highest BCUT2D eigenvalue weighted by Gasteiger charge is 2.21. The molecule has 0 unspecified atom stereocenters. The van der Waals surface area contributed by atoms with Crippen molar-refractivity contribution in [1.82, 2.24) is 4.90 Å². The lowest BCUT2D eigenvalue weighted by Crippen LogP contribution is -2.40. The summed E-state index contributed by atoms with van der Waals surface area (Å²) in [5, 5.41) is 0. The zero-order chi connectivity index (χ0) is 15.9. The van der Waals surface area contributed by atoms with Crippen molar-refractivity contribution < 1.29 is 9.53 Å². The Balaban J connectivity index is 0.00000191. The fraction of sp³-hybridized carbons (Fsp3) is 0.941. The van der Waals surface area contributed by atoms with Gasteiger partial charge >= 0.3 is 0 Å². The van der Waals surface area contributed by atoms with E-state index in [0.717, 1.165) is 45.3 Å². The van der Waals surface area contributed by atoms with Gasteiger partial charge in [-0.05, 0) is 32.2 Å². The number of nitrogens with two attached hydrogens (primary N) is 1. The maximum Gasteiger partial charge on any atom is 0.222 e. The fourth-order valence-corrected chi connectivity index (χ4v) is 2.63. The Morgan fingerprint density at radius 2 is 1.57 bits per heavy atom. The predicted molar refractivity (Wildman–Crippen MR) is 89.3 cm³/mol. The van der Waals surface area contributed by atoms with E-state index in [4.69, 9.17) is 10.5 Å². The van der Waals surface area contributed by atoms with Crippen molar-refractivity contribution >= 4 is 5.91 Å². The zero-order valence-corrected chi connectivity index (χ0v) is 14.4. The van der Waals surface area contributed by atoms with Crippen LogP contribution in [-0.2, 0) is 9.53 Å². The molecule has 2 N–H and O–H groups in total. The zero-order valence-electron chi connectivity index (χ0n) is 14.4. The maximum atomic E-state index is 12.0. The Labute approximate surface area is 131 Å². The summed E-state index contributed by atoms with van der Waals surface area (Å²) in [6, 6.07) is 0. The standard InChI is InChI=1S/C15H30N2O2.C2H6/c1-19-14-9-12-17(13-10-14)15(18)8-6-4-2-3-5-7-11-16;1-2/h14H,2-13,16H2,1H3;1-2H3. The molecule has 0 radical (unpaired) electrons. The molecule has 1 amide bonds. The normalized spacial score (nSPS) is 15.5. The van der Waals surface area contributed by atoms with Crippen molar-refractivity contribution in [2.75, 3.05) is 26.7 Å². The molecule has 0 aromatic rings. The molecule has 0 aromatic heterocycles. The van der Waals surface area contributed by atoms with Crippen LogP contribution in [0.4, 0.5) is 0 Å². The molecular formula is C17H36N2O2. The summed E-state index contributed by atoms with van der Waals surface area (Å²) in [6.07, 6.45) is 10.1. The molecule has 1 aliphatic heterocycles. The van der Waals surface area contributed by atoms with Crippen molar-refractivity contribution in [2.45, 2.75) is 77.7 Å². The van der Waals surface area contributed by atoms with Gasteiger partial charge in [0.05, 0.1) is 6.10 Å². The van der Waals surface area contributed by atoms with Gasteiger partial charge in [0.15, 0.2) is 0 Å². The summed E-state index contributed by atoms with van der Waals surface area (Å²) in [7, 11) is 1.76. The summed E-state index contributed by atoms with van der Waals surface area (Å²) in [4.78, 5) is 14.0. The van der Waals surface area contributed by atoms with Crippen LogP contribution in [0, 0.1) is 0 Å². The molecule has 126 valence electrons. The second kappa shape index (κ2) is 14.3. The van der Waals surface area contributed by atoms with Gasteiger partial charge < -0.3 is 15.4 Å². The van der Waals surface area contributed by atoms with Crippen LogP contribution in [0.25, 0.3) is 0 Å². The number of hydrogen-bond acceptors (Lipinski definition) is 3. The third kappa shape index (κ3) is 9.86. The molecule has 4 nitrogen and oxygen atoms in total. The van der Waals surface area contributed by atoms with Crippen molar-refractivity contribution in [3.63, 3.8) is 0 Å². The lowest BCUT2D eigenvalue weighted by molar-refractivity contribution is -0.133. The second-order valence-electron chi connectivity index (χ2n) is 5.48. The van der Waals surface area contributed by atoms with Gasteiger partial charge in [-0.2, -0.15) is 0 Å². The van der Waals surface area contributed by atoms with E-state index in [9.17, 15) is 4.79 Å². The molecule has 1 fully saturated rings. The third-order valence-electron chi connectivity index (χ3n) is 3.97. The SMILES string of the molecule is CC.COC1CCN(C(=O)CCCCCCCCN)CC1. The van der Waals surface area contributed by atoms with E-state index in [1.54, 1.807) is 7.11 Å². The number of amides is 1. The third-order valence-corrected chi connectivity index (χ3v) is 3.97. The summed E-state index contributed by atoms with van der Waals surface area (Å²) in [5.74, 6) is 0.330. The van der Waals surface area contributed by atoms with Crippen LogP contribution < -0.4 is 5.73 Å². The first-order chi connectivity index (χ1) is 10.3. The van der Waals surface area contributed by atoms with E-state index < -0.39 is 0 Å². The minimum atomic E-state index is 0.330. The highest BCUT2D eigenvalue weighted by Crippen LogP contribution is 2.15. The number of carbonyl (C=O) groups excluding carboxylic acids is 1. The van der Waals surface area contributed by atoms with E-state index >= 15 is 0 Å². The number of likely N-dealkylation sites (tertiary alicyclic amines) is 1. The van der Waals surface area contributed by atoms with Gasteiger partial charge in [-0.1, -0.05) is 39.5 Å². The number of unbranched alkanes of at least 4 members (excludes halogenated alkanes) is 5. The molecule has 4 heteroatoms. The van der Waals surface area contributed by atoms with Gasteiger partial charge in [-0.15, -0.1) is 0 Å². The molecule has 1 heterocycles. The number of nitrogens with zero attached hydrogens (tertiary/aromatic N) is 1. The van der Waals surface area contributed by atoms with E-state index in [-0.39, 0.29) is 0 Å². The van der Waals surface area contributed by atoms with Gasteiger partial charge in [-0.3, -0.25) is 4.79 Å². The summed E-state index contributed by atoms with van der Waals surface area (Å²) >= 11 is 0. The van der Waals surface area contributed by atoms with Crippen LogP contribution in [0.15, 0.2) is 0 Å². The Morgan fingerprint density at radius 3 is 2.10 bits per heavy atom. The average molecular weight is 300 g/mol. The van der Waals surface area contributed by atoms with E-state index in [2.05, 4.69) is 0 Å². The monoisotopic (exact) mass is 300 g/mol. The highest BCUT2D eigenvalue weighted by atomic mass is 16.5. The quantitative estimate of drug-likeness (QED) is 0.664. The summed E-state index contributed by atoms with van der Waals surface area (Å²) in [5.41, 5.74) is 5.45. The van der Waals surface area contributed by atoms with Crippen LogP contribution >= 0.6 is 0 Å². The minimum absolute atomic E-state index is 0.330. The lowest BCUT2D eigenvalue weighted by atomic mass is 10.1. The molecule has 0 aliphatic carbocycles. The molecule has 0 atom stereocenters. The van der Waals surface area contributed by atoms with Crippen molar-refractivity contribution in [3.8, 4) is 0 Å². The molecule has 0 spiro atoms. The van der Waals surface area contributed by atoms with E-state index in [1.165, 1.54) is 25.7 Å². The Kier molecular flexibility index (Phi) is 13.9. The molecule has 0 bridgehead atoms. The average Bonchev–Trinajstić information content (AvgIpc) is 2.55. The molecule has 0 saturated carbocycles. The second-order valence-corrected chi connectivity index (χ2v) is 5.48. The van der Waals surface area contributed by atoms with E-state index in [0.29, 0.717) is 18.4 Å². The first kappa shape index (κ1) is 20.4. The van der Waals surface area contributed by atoms with Gasteiger partial charge in [0.25, 0.3) is 0 Å². The Bertz CT molecular complexity index is 239. The predicted octanol–water partition coefficient (Wildman–Crippen LogP) is 3.34. The molecule has 1 aliphatic rings. The topological polar surface area (TPSA) is 55.6 Å². The Morgan fingerprint density at radius 1 is 1.05 bits per heavy atom. The lowest BCUT2D eigenvalue weighted by Gasteiger charge is -2.31. The molecule has 21 heavy (non-hydrogen) atoms. The number of carbonyl (C=O) groups is 1. The number of rotatable bonds is 9. The molecule has 1 saturated heterocycles. The number of hydrogen-bond donors (Lipinski definition) is 1. The van der Waals surface area contributed by atoms with Crippen LogP contribution in [-0.4, -0.2) is 43.7 Å². The Hall–Kier alpha value is -0.610. The number of methoxy groups -OCH3 is 1. The first-order valence-corrected chi connectivity index (χ1v) is 8.78. The van der Waals surface area contributed by atoms with Crippen LogP contribution in [0.3, 0.4) is 0 Å². The summed E-state index contributed by atoms with van der Waals surface area (Å²) in [6.45, 7) is 6.54. The largest absolute Gasteiger partial charge is 0.381 e. The van der Waals surface area contributed by atoms with Crippen molar-refractivity contribution in [3.05, 3.63) is 0 Å². The molecule has 0 aromatic carbocycles. The first-order valence-electron chi connectivity index (χ1n) is 8.78. The van der Waals surface area contributed by atoms with Gasteiger partial charge in [0.1, 0.15) is 0 Å². The number of ether oxygens (including phenoxy) is 1. The minimum Gasteiger partial charge on any atom is -0.381 e. The number of piperidine rings is 1. The summed E-state index contributed by atoms with van der Waals surface area (Å²) < 4.78 is 5.32. The van der Waals surface area contributed by atoms with Crippen molar-refractivity contribution in [2.24, 2.45) is 5.73 Å². The maximum absolute atomic E-state index is 12.0. The van der Waals surface area contributed by atoms with Crippen LogP contribution in [0.1, 0.15) is 71.6 Å². The van der Waals surface area contributed by atoms with Gasteiger partial charge in [-0.25, -0.2) is 0 Å². The van der Waals surface area contributed by atoms with Gasteiger partial charge in [0.2, 0.25) is 5.91 Å².